The molecule has 1 aliphatic heterocycles. The number of hydrogen-bond donors (Lipinski definition) is 0. The summed E-state index contributed by atoms with van der Waals surface area (Å²) in [5.41, 5.74) is 3.99. The van der Waals surface area contributed by atoms with Crippen molar-refractivity contribution in [3.8, 4) is 5.69 Å². The highest BCUT2D eigenvalue weighted by atomic mass is 32.2. The SMILES string of the molecule is Cc1ccccc1-n1cnnc1SCC(=O)N1c2ccccc2Sc2ccccc21. The highest BCUT2D eigenvalue weighted by molar-refractivity contribution is 8.00. The van der Waals surface area contributed by atoms with E-state index in [2.05, 4.69) is 22.3 Å². The van der Waals surface area contributed by atoms with Crippen molar-refractivity contribution in [2.45, 2.75) is 21.9 Å². The number of para-hydroxylation sites is 3. The average Bonchev–Trinajstić information content (AvgIpc) is 3.24. The van der Waals surface area contributed by atoms with Gasteiger partial charge in [0.05, 0.1) is 22.8 Å². The molecule has 0 unspecified atom stereocenters. The molecule has 0 atom stereocenters. The molecule has 0 radical (unpaired) electrons. The first-order chi connectivity index (χ1) is 14.7. The van der Waals surface area contributed by atoms with Crippen molar-refractivity contribution in [3.05, 3.63) is 84.7 Å². The van der Waals surface area contributed by atoms with Gasteiger partial charge in [-0.25, -0.2) is 0 Å². The van der Waals surface area contributed by atoms with Crippen LogP contribution in [0.5, 0.6) is 0 Å². The number of nitrogens with zero attached hydrogens (tertiary/aromatic N) is 4. The second kappa shape index (κ2) is 8.01. The Labute approximate surface area is 183 Å². The van der Waals surface area contributed by atoms with Crippen LogP contribution in [-0.2, 0) is 4.79 Å². The van der Waals surface area contributed by atoms with Gasteiger partial charge < -0.3 is 0 Å². The highest BCUT2D eigenvalue weighted by Crippen LogP contribution is 2.48. The quantitative estimate of drug-likeness (QED) is 0.400. The van der Waals surface area contributed by atoms with Crippen LogP contribution in [0.4, 0.5) is 11.4 Å². The summed E-state index contributed by atoms with van der Waals surface area (Å²) in [6.45, 7) is 2.05. The highest BCUT2D eigenvalue weighted by Gasteiger charge is 2.28. The minimum Gasteiger partial charge on any atom is -0.278 e. The molecule has 3 aromatic carbocycles. The summed E-state index contributed by atoms with van der Waals surface area (Å²) in [6.07, 6.45) is 1.69. The summed E-state index contributed by atoms with van der Waals surface area (Å²) >= 11 is 3.09. The van der Waals surface area contributed by atoms with Crippen molar-refractivity contribution in [3.63, 3.8) is 0 Å². The minimum atomic E-state index is 0.0135. The Kier molecular flexibility index (Phi) is 5.06. The molecule has 148 valence electrons. The van der Waals surface area contributed by atoms with Crippen LogP contribution in [0.3, 0.4) is 0 Å². The second-order valence-corrected chi connectivity index (χ2v) is 8.85. The normalized spacial score (nSPS) is 12.4. The number of benzene rings is 3. The lowest BCUT2D eigenvalue weighted by Gasteiger charge is -2.30. The van der Waals surface area contributed by atoms with E-state index in [9.17, 15) is 4.79 Å². The van der Waals surface area contributed by atoms with Gasteiger partial charge in [-0.15, -0.1) is 10.2 Å². The van der Waals surface area contributed by atoms with Crippen molar-refractivity contribution in [2.75, 3.05) is 10.7 Å². The molecule has 5 rings (SSSR count). The molecule has 7 heteroatoms. The fourth-order valence-electron chi connectivity index (χ4n) is 3.49. The van der Waals surface area contributed by atoms with Gasteiger partial charge in [0.1, 0.15) is 6.33 Å². The number of thioether (sulfide) groups is 1. The molecule has 0 fully saturated rings. The van der Waals surface area contributed by atoms with E-state index < -0.39 is 0 Å². The predicted molar refractivity (Wildman–Crippen MR) is 121 cm³/mol. The molecule has 2 heterocycles. The number of carbonyl (C=O) groups excluding carboxylic acids is 1. The van der Waals surface area contributed by atoms with Crippen LogP contribution >= 0.6 is 23.5 Å². The molecule has 5 nitrogen and oxygen atoms in total. The van der Waals surface area contributed by atoms with E-state index in [4.69, 9.17) is 0 Å². The van der Waals surface area contributed by atoms with Crippen LogP contribution in [0.1, 0.15) is 5.56 Å². The van der Waals surface area contributed by atoms with Crippen molar-refractivity contribution in [1.29, 1.82) is 0 Å². The largest absolute Gasteiger partial charge is 0.278 e. The maximum atomic E-state index is 13.4. The zero-order valence-corrected chi connectivity index (χ0v) is 17.9. The maximum Gasteiger partial charge on any atom is 0.242 e. The number of hydrogen-bond acceptors (Lipinski definition) is 5. The molecule has 1 aliphatic rings. The van der Waals surface area contributed by atoms with E-state index >= 15 is 0 Å². The second-order valence-electron chi connectivity index (χ2n) is 6.83. The Bertz CT molecular complexity index is 1190. The van der Waals surface area contributed by atoms with Gasteiger partial charge >= 0.3 is 0 Å². The smallest absolute Gasteiger partial charge is 0.242 e. The molecule has 0 saturated carbocycles. The molecule has 1 aromatic heterocycles. The monoisotopic (exact) mass is 430 g/mol. The third kappa shape index (κ3) is 3.40. The van der Waals surface area contributed by atoms with Crippen LogP contribution in [0.25, 0.3) is 5.69 Å². The fraction of sp³-hybridized carbons (Fsp3) is 0.0870. The third-order valence-corrected chi connectivity index (χ3v) is 6.96. The van der Waals surface area contributed by atoms with E-state index in [-0.39, 0.29) is 11.7 Å². The lowest BCUT2D eigenvalue weighted by atomic mass is 10.2. The van der Waals surface area contributed by atoms with Gasteiger partial charge in [-0.3, -0.25) is 14.3 Å². The molecule has 0 bridgehead atoms. The summed E-state index contributed by atoms with van der Waals surface area (Å²) in [4.78, 5) is 17.4. The fourth-order valence-corrected chi connectivity index (χ4v) is 5.32. The molecule has 1 amide bonds. The van der Waals surface area contributed by atoms with E-state index in [1.54, 1.807) is 18.1 Å². The first-order valence-corrected chi connectivity index (χ1v) is 11.3. The molecule has 0 aliphatic carbocycles. The van der Waals surface area contributed by atoms with Gasteiger partial charge in [-0.1, -0.05) is 66.0 Å². The Balaban J connectivity index is 1.43. The Morgan fingerprint density at radius 3 is 2.17 bits per heavy atom. The van der Waals surface area contributed by atoms with Crippen LogP contribution in [0, 0.1) is 6.92 Å². The van der Waals surface area contributed by atoms with Crippen LogP contribution < -0.4 is 4.90 Å². The lowest BCUT2D eigenvalue weighted by molar-refractivity contribution is -0.115. The van der Waals surface area contributed by atoms with Crippen LogP contribution in [-0.4, -0.2) is 26.4 Å². The van der Waals surface area contributed by atoms with Crippen molar-refractivity contribution in [2.24, 2.45) is 0 Å². The summed E-state index contributed by atoms with van der Waals surface area (Å²) in [5, 5.41) is 9.01. The Hall–Kier alpha value is -3.03. The number of rotatable bonds is 4. The van der Waals surface area contributed by atoms with Gasteiger partial charge in [0.15, 0.2) is 5.16 Å². The first-order valence-electron chi connectivity index (χ1n) is 9.50. The number of aryl methyl sites for hydroxylation is 1. The average molecular weight is 431 g/mol. The Morgan fingerprint density at radius 1 is 0.900 bits per heavy atom. The number of fused-ring (bicyclic) bond motifs is 2. The van der Waals surface area contributed by atoms with E-state index in [1.807, 2.05) is 77.1 Å². The summed E-state index contributed by atoms with van der Waals surface area (Å²) in [6, 6.07) is 24.1. The summed E-state index contributed by atoms with van der Waals surface area (Å²) < 4.78 is 1.93. The first kappa shape index (κ1) is 19.0. The molecular formula is C23H18N4OS2. The van der Waals surface area contributed by atoms with E-state index in [1.165, 1.54) is 11.8 Å². The molecule has 0 saturated heterocycles. The summed E-state index contributed by atoms with van der Waals surface area (Å²) in [5.74, 6) is 0.275. The predicted octanol–water partition coefficient (Wildman–Crippen LogP) is 5.50. The van der Waals surface area contributed by atoms with Crippen molar-refractivity contribution >= 4 is 40.8 Å². The number of anilines is 2. The zero-order valence-electron chi connectivity index (χ0n) is 16.2. The third-order valence-electron chi connectivity index (χ3n) is 4.90. The molecular weight excluding hydrogens is 412 g/mol. The zero-order chi connectivity index (χ0) is 20.5. The van der Waals surface area contributed by atoms with Gasteiger partial charge in [-0.05, 0) is 42.8 Å². The molecule has 0 N–H and O–H groups in total. The molecule has 30 heavy (non-hydrogen) atoms. The number of aromatic nitrogens is 3. The standard InChI is InChI=1S/C23H18N4OS2/c1-16-8-2-3-9-17(16)26-15-24-25-23(26)29-14-22(28)27-18-10-4-6-12-20(18)30-21-13-7-5-11-19(21)27/h2-13,15H,14H2,1H3. The van der Waals surface area contributed by atoms with Crippen LogP contribution in [0.2, 0.25) is 0 Å². The van der Waals surface area contributed by atoms with Crippen molar-refractivity contribution < 1.29 is 4.79 Å². The Morgan fingerprint density at radius 2 is 1.50 bits per heavy atom. The topological polar surface area (TPSA) is 51.0 Å². The van der Waals surface area contributed by atoms with Crippen LogP contribution in [0.15, 0.2) is 94.1 Å². The minimum absolute atomic E-state index is 0.0135. The van der Waals surface area contributed by atoms with Gasteiger partial charge in [-0.2, -0.15) is 0 Å². The van der Waals surface area contributed by atoms with Gasteiger partial charge in [0.2, 0.25) is 5.91 Å². The van der Waals surface area contributed by atoms with E-state index in [0.717, 1.165) is 32.4 Å². The summed E-state index contributed by atoms with van der Waals surface area (Å²) in [7, 11) is 0. The van der Waals surface area contributed by atoms with Crippen molar-refractivity contribution in [1.82, 2.24) is 14.8 Å². The van der Waals surface area contributed by atoms with Gasteiger partial charge in [0, 0.05) is 9.79 Å². The maximum absolute atomic E-state index is 13.4. The molecule has 4 aromatic rings. The number of amides is 1. The van der Waals surface area contributed by atoms with Gasteiger partial charge in [0.25, 0.3) is 0 Å². The number of carbonyl (C=O) groups is 1. The molecule has 0 spiro atoms. The van der Waals surface area contributed by atoms with E-state index in [0.29, 0.717) is 5.16 Å². The lowest BCUT2D eigenvalue weighted by Crippen LogP contribution is -2.30.